The van der Waals surface area contributed by atoms with Crippen molar-refractivity contribution >= 4 is 0 Å². The van der Waals surface area contributed by atoms with Gasteiger partial charge in [-0.1, -0.05) is 6.92 Å². The van der Waals surface area contributed by atoms with Crippen molar-refractivity contribution in [1.82, 2.24) is 20.3 Å². The van der Waals surface area contributed by atoms with Gasteiger partial charge in [0.15, 0.2) is 0 Å². The van der Waals surface area contributed by atoms with Crippen LogP contribution in [0.15, 0.2) is 35.5 Å². The van der Waals surface area contributed by atoms with Crippen molar-refractivity contribution in [3.05, 3.63) is 46.6 Å². The summed E-state index contributed by atoms with van der Waals surface area (Å²) in [5.41, 5.74) is 1.39. The second-order valence-corrected chi connectivity index (χ2v) is 3.60. The third kappa shape index (κ3) is 2.76. The third-order valence-electron chi connectivity index (χ3n) is 2.39. The number of nitrogens with zero attached hydrogens (tertiary/aromatic N) is 2. The SMILES string of the molecule is CCNCc1cnc(-c2ccncc2)[nH]c1=O. The largest absolute Gasteiger partial charge is 0.313 e. The zero-order valence-corrected chi connectivity index (χ0v) is 9.60. The molecule has 88 valence electrons. The van der Waals surface area contributed by atoms with Crippen LogP contribution in [0.3, 0.4) is 0 Å². The number of hydrogen-bond donors (Lipinski definition) is 2. The summed E-state index contributed by atoms with van der Waals surface area (Å²) in [4.78, 5) is 22.7. The number of pyridine rings is 1. The Balaban J connectivity index is 2.28. The Morgan fingerprint density at radius 2 is 2.12 bits per heavy atom. The Labute approximate surface area is 99.0 Å². The van der Waals surface area contributed by atoms with Gasteiger partial charge in [-0.2, -0.15) is 0 Å². The maximum Gasteiger partial charge on any atom is 0.255 e. The lowest BCUT2D eigenvalue weighted by Gasteiger charge is -2.03. The Morgan fingerprint density at radius 3 is 2.76 bits per heavy atom. The number of rotatable bonds is 4. The summed E-state index contributed by atoms with van der Waals surface area (Å²) in [6.07, 6.45) is 4.95. The van der Waals surface area contributed by atoms with Gasteiger partial charge in [0.1, 0.15) is 5.82 Å². The van der Waals surface area contributed by atoms with Crippen molar-refractivity contribution in [3.63, 3.8) is 0 Å². The molecular formula is C12H14N4O. The Kier molecular flexibility index (Phi) is 3.62. The zero-order chi connectivity index (χ0) is 12.1. The highest BCUT2D eigenvalue weighted by molar-refractivity contribution is 5.53. The maximum absolute atomic E-state index is 11.8. The van der Waals surface area contributed by atoms with Gasteiger partial charge < -0.3 is 10.3 Å². The standard InChI is InChI=1S/C12H14N4O/c1-2-13-7-10-8-15-11(16-12(10)17)9-3-5-14-6-4-9/h3-6,8,13H,2,7H2,1H3,(H,15,16,17). The fourth-order valence-corrected chi connectivity index (χ4v) is 1.46. The molecule has 0 atom stereocenters. The van der Waals surface area contributed by atoms with E-state index in [2.05, 4.69) is 20.3 Å². The molecule has 0 spiro atoms. The topological polar surface area (TPSA) is 70.7 Å². The van der Waals surface area contributed by atoms with Crippen LogP contribution in [0.25, 0.3) is 11.4 Å². The predicted molar refractivity (Wildman–Crippen MR) is 65.5 cm³/mol. The molecular weight excluding hydrogens is 216 g/mol. The number of H-pyrrole nitrogens is 1. The highest BCUT2D eigenvalue weighted by atomic mass is 16.1. The van der Waals surface area contributed by atoms with Gasteiger partial charge in [0.05, 0.1) is 0 Å². The summed E-state index contributed by atoms with van der Waals surface area (Å²) in [5, 5.41) is 3.09. The molecule has 0 aliphatic rings. The molecule has 0 saturated heterocycles. The Bertz CT molecular complexity index is 536. The first-order valence-electron chi connectivity index (χ1n) is 5.50. The van der Waals surface area contributed by atoms with Gasteiger partial charge in [0.2, 0.25) is 0 Å². The molecule has 17 heavy (non-hydrogen) atoms. The van der Waals surface area contributed by atoms with Crippen LogP contribution in [0.2, 0.25) is 0 Å². The smallest absolute Gasteiger partial charge is 0.255 e. The summed E-state index contributed by atoms with van der Waals surface area (Å²) < 4.78 is 0. The highest BCUT2D eigenvalue weighted by Crippen LogP contribution is 2.10. The summed E-state index contributed by atoms with van der Waals surface area (Å²) in [7, 11) is 0. The lowest BCUT2D eigenvalue weighted by atomic mass is 10.2. The Hall–Kier alpha value is -2.01. The van der Waals surface area contributed by atoms with Crippen molar-refractivity contribution in [2.45, 2.75) is 13.5 Å². The van der Waals surface area contributed by atoms with Gasteiger partial charge in [-0.15, -0.1) is 0 Å². The molecule has 2 aromatic heterocycles. The summed E-state index contributed by atoms with van der Waals surface area (Å²) in [6, 6.07) is 3.62. The van der Waals surface area contributed by atoms with E-state index < -0.39 is 0 Å². The maximum atomic E-state index is 11.8. The second kappa shape index (κ2) is 5.36. The normalized spacial score (nSPS) is 10.4. The fourth-order valence-electron chi connectivity index (χ4n) is 1.46. The molecule has 0 bridgehead atoms. The number of nitrogens with one attached hydrogen (secondary N) is 2. The molecule has 0 radical (unpaired) electrons. The van der Waals surface area contributed by atoms with Crippen LogP contribution >= 0.6 is 0 Å². The van der Waals surface area contributed by atoms with Crippen LogP contribution < -0.4 is 10.9 Å². The van der Waals surface area contributed by atoms with Crippen LogP contribution in [0.5, 0.6) is 0 Å². The first-order chi connectivity index (χ1) is 8.31. The van der Waals surface area contributed by atoms with E-state index in [4.69, 9.17) is 0 Å². The second-order valence-electron chi connectivity index (χ2n) is 3.60. The van der Waals surface area contributed by atoms with E-state index in [0.29, 0.717) is 17.9 Å². The van der Waals surface area contributed by atoms with Gasteiger partial charge in [0.25, 0.3) is 5.56 Å². The molecule has 2 heterocycles. The van der Waals surface area contributed by atoms with E-state index in [-0.39, 0.29) is 5.56 Å². The van der Waals surface area contributed by atoms with E-state index in [1.54, 1.807) is 18.6 Å². The molecule has 0 unspecified atom stereocenters. The first kappa shape index (κ1) is 11.5. The molecule has 0 aliphatic carbocycles. The minimum atomic E-state index is -0.104. The molecule has 2 aromatic rings. The molecule has 2 rings (SSSR count). The van der Waals surface area contributed by atoms with Crippen LogP contribution in [0, 0.1) is 0 Å². The van der Waals surface area contributed by atoms with Crippen LogP contribution in [-0.2, 0) is 6.54 Å². The number of aromatic nitrogens is 3. The van der Waals surface area contributed by atoms with Crippen molar-refractivity contribution in [1.29, 1.82) is 0 Å². The number of hydrogen-bond acceptors (Lipinski definition) is 4. The Morgan fingerprint density at radius 1 is 1.35 bits per heavy atom. The average molecular weight is 230 g/mol. The molecule has 0 aliphatic heterocycles. The van der Waals surface area contributed by atoms with E-state index in [1.165, 1.54) is 0 Å². The molecule has 5 nitrogen and oxygen atoms in total. The van der Waals surface area contributed by atoms with E-state index in [9.17, 15) is 4.79 Å². The average Bonchev–Trinajstić information content (AvgIpc) is 2.38. The van der Waals surface area contributed by atoms with Crippen LogP contribution in [-0.4, -0.2) is 21.5 Å². The minimum absolute atomic E-state index is 0.104. The molecule has 5 heteroatoms. The van der Waals surface area contributed by atoms with Crippen molar-refractivity contribution in [2.75, 3.05) is 6.54 Å². The van der Waals surface area contributed by atoms with Gasteiger partial charge in [-0.05, 0) is 18.7 Å². The monoisotopic (exact) mass is 230 g/mol. The third-order valence-corrected chi connectivity index (χ3v) is 2.39. The summed E-state index contributed by atoms with van der Waals surface area (Å²) in [5.74, 6) is 0.567. The zero-order valence-electron chi connectivity index (χ0n) is 9.60. The quantitative estimate of drug-likeness (QED) is 0.820. The summed E-state index contributed by atoms with van der Waals surface area (Å²) >= 11 is 0. The van der Waals surface area contributed by atoms with Crippen molar-refractivity contribution in [2.24, 2.45) is 0 Å². The van der Waals surface area contributed by atoms with E-state index in [1.807, 2.05) is 19.1 Å². The first-order valence-corrected chi connectivity index (χ1v) is 5.50. The van der Waals surface area contributed by atoms with Crippen molar-refractivity contribution in [3.8, 4) is 11.4 Å². The number of aromatic amines is 1. The molecule has 0 saturated carbocycles. The van der Waals surface area contributed by atoms with Gasteiger partial charge in [-0.25, -0.2) is 4.98 Å². The van der Waals surface area contributed by atoms with E-state index in [0.717, 1.165) is 12.1 Å². The van der Waals surface area contributed by atoms with Gasteiger partial charge in [0, 0.05) is 36.3 Å². The van der Waals surface area contributed by atoms with Crippen LogP contribution in [0.1, 0.15) is 12.5 Å². The lowest BCUT2D eigenvalue weighted by Crippen LogP contribution is -2.21. The molecule has 0 aromatic carbocycles. The predicted octanol–water partition coefficient (Wildman–Crippen LogP) is 0.941. The highest BCUT2D eigenvalue weighted by Gasteiger charge is 2.03. The van der Waals surface area contributed by atoms with Gasteiger partial charge in [-0.3, -0.25) is 9.78 Å². The molecule has 2 N–H and O–H groups in total. The van der Waals surface area contributed by atoms with Crippen molar-refractivity contribution < 1.29 is 0 Å². The van der Waals surface area contributed by atoms with Gasteiger partial charge >= 0.3 is 0 Å². The fraction of sp³-hybridized carbons (Fsp3) is 0.250. The lowest BCUT2D eigenvalue weighted by molar-refractivity contribution is 0.716. The molecule has 0 amide bonds. The summed E-state index contributed by atoms with van der Waals surface area (Å²) in [6.45, 7) is 3.36. The molecule has 0 fully saturated rings. The minimum Gasteiger partial charge on any atom is -0.313 e. The van der Waals surface area contributed by atoms with Crippen LogP contribution in [0.4, 0.5) is 0 Å². The van der Waals surface area contributed by atoms with E-state index >= 15 is 0 Å².